The third-order valence-electron chi connectivity index (χ3n) is 5.35. The molecular weight excluding hydrogens is 380 g/mol. The molecule has 5 heteroatoms. The molecule has 1 atom stereocenters. The smallest absolute Gasteiger partial charge is 0.132 e. The third kappa shape index (κ3) is 3.94. The molecule has 1 heterocycles. The number of hydrogen-bond acceptors (Lipinski definition) is 1. The molecule has 3 aromatic rings. The fourth-order valence-electron chi connectivity index (χ4n) is 3.97. The van der Waals surface area contributed by atoms with Gasteiger partial charge in [0.15, 0.2) is 0 Å². The van der Waals surface area contributed by atoms with Crippen LogP contribution in [0.5, 0.6) is 0 Å². The van der Waals surface area contributed by atoms with Crippen molar-refractivity contribution in [1.82, 2.24) is 4.57 Å². The van der Waals surface area contributed by atoms with Gasteiger partial charge in [-0.2, -0.15) is 0 Å². The molecule has 0 radical (unpaired) electrons. The predicted octanol–water partition coefficient (Wildman–Crippen LogP) is 6.39. The SMILES string of the molecule is CCCCc1c(CC)c2cc(Cl)ccc2n1CC(C)(O)c1ccc(F)cc1F. The van der Waals surface area contributed by atoms with E-state index in [0.717, 1.165) is 48.3 Å². The molecule has 0 saturated carbocycles. The Balaban J connectivity index is 2.15. The van der Waals surface area contributed by atoms with Gasteiger partial charge in [0.05, 0.1) is 6.54 Å². The number of aryl methyl sites for hydroxylation is 1. The van der Waals surface area contributed by atoms with E-state index in [2.05, 4.69) is 18.4 Å². The van der Waals surface area contributed by atoms with E-state index in [-0.39, 0.29) is 12.1 Å². The quantitative estimate of drug-likeness (QED) is 0.484. The molecular formula is C23H26ClF2NO. The molecule has 3 rings (SSSR count). The number of hydrogen-bond donors (Lipinski definition) is 1. The Bertz CT molecular complexity index is 994. The van der Waals surface area contributed by atoms with E-state index >= 15 is 0 Å². The van der Waals surface area contributed by atoms with Crippen LogP contribution in [0.15, 0.2) is 36.4 Å². The highest BCUT2D eigenvalue weighted by atomic mass is 35.5. The van der Waals surface area contributed by atoms with Gasteiger partial charge in [0.1, 0.15) is 17.2 Å². The van der Waals surface area contributed by atoms with Gasteiger partial charge in [0.25, 0.3) is 0 Å². The van der Waals surface area contributed by atoms with Crippen molar-refractivity contribution in [1.29, 1.82) is 0 Å². The van der Waals surface area contributed by atoms with Crippen LogP contribution in [-0.2, 0) is 25.0 Å². The number of unbranched alkanes of at least 4 members (excludes halogenated alkanes) is 1. The lowest BCUT2D eigenvalue weighted by Gasteiger charge is -2.27. The summed E-state index contributed by atoms with van der Waals surface area (Å²) < 4.78 is 29.8. The molecule has 0 fully saturated rings. The average molecular weight is 406 g/mol. The maximum absolute atomic E-state index is 14.4. The maximum Gasteiger partial charge on any atom is 0.132 e. The number of halogens is 3. The van der Waals surface area contributed by atoms with E-state index < -0.39 is 17.2 Å². The summed E-state index contributed by atoms with van der Waals surface area (Å²) in [6, 6.07) is 9.04. The zero-order chi connectivity index (χ0) is 20.5. The number of benzene rings is 2. The lowest BCUT2D eigenvalue weighted by molar-refractivity contribution is 0.0351. The van der Waals surface area contributed by atoms with E-state index in [9.17, 15) is 13.9 Å². The lowest BCUT2D eigenvalue weighted by atomic mass is 9.95. The van der Waals surface area contributed by atoms with Crippen molar-refractivity contribution in [3.8, 4) is 0 Å². The number of fused-ring (bicyclic) bond motifs is 1. The van der Waals surface area contributed by atoms with Crippen LogP contribution in [0, 0.1) is 11.6 Å². The highest BCUT2D eigenvalue weighted by Crippen LogP contribution is 2.34. The van der Waals surface area contributed by atoms with Crippen LogP contribution in [0.2, 0.25) is 5.02 Å². The van der Waals surface area contributed by atoms with Crippen LogP contribution in [0.1, 0.15) is 50.4 Å². The zero-order valence-corrected chi connectivity index (χ0v) is 17.3. The Labute approximate surface area is 169 Å². The van der Waals surface area contributed by atoms with Crippen molar-refractivity contribution >= 4 is 22.5 Å². The Morgan fingerprint density at radius 2 is 1.86 bits per heavy atom. The minimum Gasteiger partial charge on any atom is -0.383 e. The van der Waals surface area contributed by atoms with Crippen molar-refractivity contribution in [2.24, 2.45) is 0 Å². The fourth-order valence-corrected chi connectivity index (χ4v) is 4.15. The van der Waals surface area contributed by atoms with Crippen LogP contribution in [0.3, 0.4) is 0 Å². The Morgan fingerprint density at radius 3 is 2.50 bits per heavy atom. The molecule has 0 saturated heterocycles. The fraction of sp³-hybridized carbons (Fsp3) is 0.391. The first-order chi connectivity index (χ1) is 13.3. The summed E-state index contributed by atoms with van der Waals surface area (Å²) in [5, 5.41) is 12.9. The second-order valence-corrected chi connectivity index (χ2v) is 7.96. The summed E-state index contributed by atoms with van der Waals surface area (Å²) in [6.45, 7) is 5.99. The van der Waals surface area contributed by atoms with Crippen molar-refractivity contribution in [3.63, 3.8) is 0 Å². The first-order valence-corrected chi connectivity index (χ1v) is 10.1. The van der Waals surface area contributed by atoms with Crippen LogP contribution in [-0.4, -0.2) is 9.67 Å². The summed E-state index contributed by atoms with van der Waals surface area (Å²) in [7, 11) is 0. The summed E-state index contributed by atoms with van der Waals surface area (Å²) in [5.74, 6) is -1.40. The van der Waals surface area contributed by atoms with Crippen molar-refractivity contribution in [3.05, 3.63) is 69.9 Å². The average Bonchev–Trinajstić information content (AvgIpc) is 2.90. The minimum atomic E-state index is -1.49. The monoisotopic (exact) mass is 405 g/mol. The van der Waals surface area contributed by atoms with Gasteiger partial charge in [0, 0.05) is 33.2 Å². The van der Waals surface area contributed by atoms with Crippen LogP contribution in [0.4, 0.5) is 8.78 Å². The highest BCUT2D eigenvalue weighted by molar-refractivity contribution is 6.31. The number of aromatic nitrogens is 1. The van der Waals surface area contributed by atoms with E-state index in [0.29, 0.717) is 5.02 Å². The van der Waals surface area contributed by atoms with Gasteiger partial charge in [0.2, 0.25) is 0 Å². The van der Waals surface area contributed by atoms with E-state index in [4.69, 9.17) is 11.6 Å². The minimum absolute atomic E-state index is 0.0872. The summed E-state index contributed by atoms with van der Waals surface area (Å²) in [6.07, 6.45) is 3.78. The number of rotatable bonds is 7. The van der Waals surface area contributed by atoms with E-state index in [1.165, 1.54) is 17.7 Å². The largest absolute Gasteiger partial charge is 0.383 e. The molecule has 1 unspecified atom stereocenters. The van der Waals surface area contributed by atoms with Crippen molar-refractivity contribution in [2.45, 2.75) is 58.6 Å². The first kappa shape index (κ1) is 20.8. The molecule has 2 aromatic carbocycles. The molecule has 2 nitrogen and oxygen atoms in total. The van der Waals surface area contributed by atoms with Gasteiger partial charge in [-0.3, -0.25) is 0 Å². The maximum atomic E-state index is 14.4. The van der Waals surface area contributed by atoms with E-state index in [1.807, 2.05) is 18.2 Å². The Kier molecular flexibility index (Phi) is 6.11. The summed E-state index contributed by atoms with van der Waals surface area (Å²) in [5.41, 5.74) is 1.92. The topological polar surface area (TPSA) is 25.2 Å². The van der Waals surface area contributed by atoms with Crippen LogP contribution < -0.4 is 0 Å². The number of nitrogens with zero attached hydrogens (tertiary/aromatic N) is 1. The summed E-state index contributed by atoms with van der Waals surface area (Å²) in [4.78, 5) is 0. The zero-order valence-electron chi connectivity index (χ0n) is 16.5. The molecule has 0 aliphatic heterocycles. The molecule has 1 aromatic heterocycles. The molecule has 0 bridgehead atoms. The Hall–Kier alpha value is -1.91. The lowest BCUT2D eigenvalue weighted by Crippen LogP contribution is -2.30. The van der Waals surface area contributed by atoms with Gasteiger partial charge >= 0.3 is 0 Å². The van der Waals surface area contributed by atoms with Crippen molar-refractivity contribution < 1.29 is 13.9 Å². The Morgan fingerprint density at radius 1 is 1.11 bits per heavy atom. The molecule has 0 aliphatic carbocycles. The molecule has 1 N–H and O–H groups in total. The predicted molar refractivity (Wildman–Crippen MR) is 111 cm³/mol. The van der Waals surface area contributed by atoms with Gasteiger partial charge < -0.3 is 9.67 Å². The first-order valence-electron chi connectivity index (χ1n) is 9.75. The van der Waals surface area contributed by atoms with Crippen LogP contribution in [0.25, 0.3) is 10.9 Å². The standard InChI is InChI=1S/C23H26ClF2NO/c1-4-6-7-21-17(5-2)18-12-15(24)8-11-22(18)27(21)14-23(3,28)19-10-9-16(25)13-20(19)26/h8-13,28H,4-7,14H2,1-3H3. The third-order valence-corrected chi connectivity index (χ3v) is 5.58. The second kappa shape index (κ2) is 8.22. The molecule has 150 valence electrons. The van der Waals surface area contributed by atoms with Gasteiger partial charge in [-0.15, -0.1) is 0 Å². The van der Waals surface area contributed by atoms with E-state index in [1.54, 1.807) is 6.92 Å². The normalized spacial score (nSPS) is 13.8. The molecule has 0 aliphatic rings. The van der Waals surface area contributed by atoms with Gasteiger partial charge in [-0.1, -0.05) is 37.9 Å². The molecule has 28 heavy (non-hydrogen) atoms. The summed E-state index contributed by atoms with van der Waals surface area (Å²) >= 11 is 6.23. The molecule has 0 spiro atoms. The number of aliphatic hydroxyl groups is 1. The molecule has 0 amide bonds. The van der Waals surface area contributed by atoms with Gasteiger partial charge in [-0.05, 0) is 56.0 Å². The second-order valence-electron chi connectivity index (χ2n) is 7.53. The van der Waals surface area contributed by atoms with Crippen molar-refractivity contribution in [2.75, 3.05) is 0 Å². The van der Waals surface area contributed by atoms with Crippen LogP contribution >= 0.6 is 11.6 Å². The van der Waals surface area contributed by atoms with Gasteiger partial charge in [-0.25, -0.2) is 8.78 Å². The highest BCUT2D eigenvalue weighted by Gasteiger charge is 2.30.